The summed E-state index contributed by atoms with van der Waals surface area (Å²) in [6, 6.07) is 0. The Balaban J connectivity index is 3.38. The summed E-state index contributed by atoms with van der Waals surface area (Å²) in [5, 5.41) is 10.1. The van der Waals surface area contributed by atoms with Crippen LogP contribution in [-0.4, -0.2) is 41.4 Å². The molecular weight excluding hydrogens is 198 g/mol. The van der Waals surface area contributed by atoms with Crippen molar-refractivity contribution in [1.82, 2.24) is 10.6 Å². The number of unbranched alkanes of at least 4 members (excludes halogenated alkanes) is 2. The molecule has 0 amide bonds. The van der Waals surface area contributed by atoms with Gasteiger partial charge in [-0.25, -0.2) is 4.84 Å². The van der Waals surface area contributed by atoms with Gasteiger partial charge < -0.3 is 5.11 Å². The van der Waals surface area contributed by atoms with Gasteiger partial charge >= 0.3 is 0 Å². The first-order valence-corrected chi connectivity index (χ1v) is 5.46. The van der Waals surface area contributed by atoms with Gasteiger partial charge in [0.15, 0.2) is 0 Å². The Bertz CT molecular complexity index is 163. The third-order valence-electron chi connectivity index (χ3n) is 2.03. The lowest BCUT2D eigenvalue weighted by Gasteiger charge is -2.08. The fourth-order valence-electron chi connectivity index (χ4n) is 1.10. The molecule has 0 aromatic carbocycles. The Hall–Kier alpha value is -0.880. The SMILES string of the molecule is CCN(CC)[N+](=O)NOCCCCCO. The van der Waals surface area contributed by atoms with Crippen molar-refractivity contribution in [2.45, 2.75) is 33.1 Å². The van der Waals surface area contributed by atoms with Gasteiger partial charge in [0.2, 0.25) is 0 Å². The summed E-state index contributed by atoms with van der Waals surface area (Å²) >= 11 is 0. The molecule has 90 valence electrons. The Morgan fingerprint density at radius 1 is 1.27 bits per heavy atom. The van der Waals surface area contributed by atoms with Gasteiger partial charge in [0.1, 0.15) is 0 Å². The van der Waals surface area contributed by atoms with Crippen LogP contribution in [0.5, 0.6) is 0 Å². The minimum absolute atomic E-state index is 0.209. The van der Waals surface area contributed by atoms with Crippen LogP contribution in [0.25, 0.3) is 0 Å². The number of rotatable bonds is 10. The number of hydrogen-bond donors (Lipinski definition) is 2. The zero-order chi connectivity index (χ0) is 11.5. The van der Waals surface area contributed by atoms with Crippen molar-refractivity contribution >= 4 is 0 Å². The molecule has 0 aliphatic heterocycles. The number of aliphatic hydroxyl groups is 1. The molecule has 0 saturated carbocycles. The molecule has 0 aromatic rings. The summed E-state index contributed by atoms with van der Waals surface area (Å²) in [4.78, 5) is 16.8. The minimum Gasteiger partial charge on any atom is -0.396 e. The highest BCUT2D eigenvalue weighted by Crippen LogP contribution is 1.93. The largest absolute Gasteiger partial charge is 0.396 e. The smallest absolute Gasteiger partial charge is 0.274 e. The average molecular weight is 220 g/mol. The molecule has 6 nitrogen and oxygen atoms in total. The van der Waals surface area contributed by atoms with Crippen molar-refractivity contribution < 1.29 is 14.9 Å². The molecular formula is C9H22N3O3+. The van der Waals surface area contributed by atoms with Crippen LogP contribution in [0.2, 0.25) is 0 Å². The highest BCUT2D eigenvalue weighted by Gasteiger charge is 2.16. The summed E-state index contributed by atoms with van der Waals surface area (Å²) in [6.45, 7) is 5.76. The number of nitroso groups, excluding NO2 is 1. The molecule has 0 bridgehead atoms. The van der Waals surface area contributed by atoms with E-state index >= 15 is 0 Å². The predicted octanol–water partition coefficient (Wildman–Crippen LogP) is 0.621. The van der Waals surface area contributed by atoms with Crippen molar-refractivity contribution in [3.63, 3.8) is 0 Å². The highest BCUT2D eigenvalue weighted by atomic mass is 16.7. The molecule has 0 aliphatic carbocycles. The Kier molecular flexibility index (Phi) is 9.10. The molecule has 15 heavy (non-hydrogen) atoms. The third-order valence-corrected chi connectivity index (χ3v) is 2.03. The van der Waals surface area contributed by atoms with E-state index in [-0.39, 0.29) is 6.61 Å². The molecule has 0 spiro atoms. The number of nitrogens with zero attached hydrogens (tertiary/aromatic N) is 2. The second-order valence-corrected chi connectivity index (χ2v) is 3.14. The molecule has 6 heteroatoms. The summed E-state index contributed by atoms with van der Waals surface area (Å²) in [6.07, 6.45) is 2.52. The Morgan fingerprint density at radius 2 is 1.93 bits per heavy atom. The first kappa shape index (κ1) is 14.1. The molecule has 2 N–H and O–H groups in total. The topological polar surface area (TPSA) is 64.8 Å². The molecule has 0 heterocycles. The zero-order valence-corrected chi connectivity index (χ0v) is 9.61. The second-order valence-electron chi connectivity index (χ2n) is 3.14. The first-order valence-electron chi connectivity index (χ1n) is 5.46. The molecule has 0 rings (SSSR count). The van der Waals surface area contributed by atoms with Gasteiger partial charge in [-0.2, -0.15) is 0 Å². The lowest BCUT2D eigenvalue weighted by atomic mass is 10.2. The van der Waals surface area contributed by atoms with Gasteiger partial charge in [-0.05, 0) is 33.1 Å². The van der Waals surface area contributed by atoms with Crippen LogP contribution in [0.4, 0.5) is 0 Å². The average Bonchev–Trinajstić information content (AvgIpc) is 2.25. The Morgan fingerprint density at radius 3 is 2.47 bits per heavy atom. The van der Waals surface area contributed by atoms with Crippen LogP contribution in [0.3, 0.4) is 0 Å². The maximum atomic E-state index is 11.3. The van der Waals surface area contributed by atoms with Crippen molar-refractivity contribution in [3.05, 3.63) is 4.91 Å². The highest BCUT2D eigenvalue weighted by molar-refractivity contribution is 4.37. The molecule has 0 unspecified atom stereocenters. The van der Waals surface area contributed by atoms with Crippen LogP contribution in [0, 0.1) is 4.91 Å². The maximum absolute atomic E-state index is 11.3. The zero-order valence-electron chi connectivity index (χ0n) is 9.61. The minimum atomic E-state index is 0.209. The normalized spacial score (nSPS) is 10.1. The van der Waals surface area contributed by atoms with Crippen molar-refractivity contribution in [3.8, 4) is 0 Å². The third kappa shape index (κ3) is 7.10. The van der Waals surface area contributed by atoms with Crippen LogP contribution in [0.15, 0.2) is 0 Å². The lowest BCUT2D eigenvalue weighted by Crippen LogP contribution is -2.42. The van der Waals surface area contributed by atoms with E-state index in [1.807, 2.05) is 13.8 Å². The molecule has 0 fully saturated rings. The molecule has 0 saturated heterocycles. The van der Waals surface area contributed by atoms with E-state index in [1.165, 1.54) is 0 Å². The number of nitrogens with one attached hydrogen (secondary N) is 1. The molecule has 0 aromatic heterocycles. The predicted molar refractivity (Wildman–Crippen MR) is 56.6 cm³/mol. The van der Waals surface area contributed by atoms with Crippen LogP contribution in [-0.2, 0) is 4.84 Å². The van der Waals surface area contributed by atoms with E-state index in [9.17, 15) is 4.91 Å². The number of hydrogen-bond acceptors (Lipinski definition) is 3. The van der Waals surface area contributed by atoms with Crippen molar-refractivity contribution in [1.29, 1.82) is 0 Å². The van der Waals surface area contributed by atoms with E-state index < -0.39 is 0 Å². The first-order chi connectivity index (χ1) is 7.26. The van der Waals surface area contributed by atoms with Crippen LogP contribution in [0.1, 0.15) is 33.1 Å². The molecule has 0 atom stereocenters. The van der Waals surface area contributed by atoms with E-state index in [1.54, 1.807) is 5.01 Å². The quantitative estimate of drug-likeness (QED) is 0.321. The lowest BCUT2D eigenvalue weighted by molar-refractivity contribution is -0.788. The number of hydrazine groups is 2. The van der Waals surface area contributed by atoms with Gasteiger partial charge in [0.25, 0.3) is 4.98 Å². The van der Waals surface area contributed by atoms with Crippen LogP contribution < -0.4 is 5.59 Å². The van der Waals surface area contributed by atoms with Crippen molar-refractivity contribution in [2.24, 2.45) is 0 Å². The van der Waals surface area contributed by atoms with Crippen molar-refractivity contribution in [2.75, 3.05) is 26.3 Å². The standard InChI is InChI=1S/C9H22N3O3/c1-3-11(4-2)12(14)10-15-9-7-5-6-8-13/h13H,3-9H2,1-2H3,(H,10,14)/q+1. The fraction of sp³-hybridized carbons (Fsp3) is 1.00. The Labute approximate surface area is 90.7 Å². The van der Waals surface area contributed by atoms with E-state index in [0.717, 1.165) is 19.3 Å². The van der Waals surface area contributed by atoms with E-state index in [0.29, 0.717) is 24.7 Å². The maximum Gasteiger partial charge on any atom is 0.274 e. The van der Waals surface area contributed by atoms with Gasteiger partial charge in [0, 0.05) is 12.2 Å². The summed E-state index contributed by atoms with van der Waals surface area (Å²) < 4.78 is 0. The van der Waals surface area contributed by atoms with Crippen LogP contribution >= 0.6 is 0 Å². The molecule has 0 aliphatic rings. The van der Waals surface area contributed by atoms with E-state index in [4.69, 9.17) is 9.94 Å². The number of aliphatic hydroxyl groups excluding tert-OH is 1. The van der Waals surface area contributed by atoms with E-state index in [2.05, 4.69) is 5.59 Å². The molecule has 0 radical (unpaired) electrons. The van der Waals surface area contributed by atoms with Gasteiger partial charge in [0.05, 0.1) is 24.6 Å². The summed E-state index contributed by atoms with van der Waals surface area (Å²) in [5.41, 5.74) is 2.30. The summed E-state index contributed by atoms with van der Waals surface area (Å²) in [7, 11) is 0. The fourth-order valence-corrected chi connectivity index (χ4v) is 1.10. The monoisotopic (exact) mass is 220 g/mol. The second kappa shape index (κ2) is 9.67. The summed E-state index contributed by atoms with van der Waals surface area (Å²) in [5.74, 6) is 0. The van der Waals surface area contributed by atoms with Gasteiger partial charge in [-0.1, -0.05) is 0 Å². The van der Waals surface area contributed by atoms with Gasteiger partial charge in [-0.3, -0.25) is 0 Å². The van der Waals surface area contributed by atoms with Gasteiger partial charge in [-0.15, -0.1) is 5.01 Å².